The number of rotatable bonds is 1. The zero-order chi connectivity index (χ0) is 11.0. The highest BCUT2D eigenvalue weighted by Gasteiger charge is 2.03. The van der Waals surface area contributed by atoms with Gasteiger partial charge in [0.1, 0.15) is 0 Å². The maximum atomic E-state index is 5.96. The van der Waals surface area contributed by atoms with Crippen molar-refractivity contribution in [1.29, 1.82) is 0 Å². The highest BCUT2D eigenvalue weighted by Crippen LogP contribution is 2.24. The van der Waals surface area contributed by atoms with Gasteiger partial charge in [-0.2, -0.15) is 0 Å². The van der Waals surface area contributed by atoms with E-state index in [0.29, 0.717) is 0 Å². The van der Waals surface area contributed by atoms with Gasteiger partial charge in [-0.05, 0) is 35.9 Å². The van der Waals surface area contributed by atoms with Gasteiger partial charge >= 0.3 is 0 Å². The Morgan fingerprint density at radius 1 is 1.06 bits per heavy atom. The van der Waals surface area contributed by atoms with Gasteiger partial charge in [-0.15, -0.1) is 0 Å². The highest BCUT2D eigenvalue weighted by atomic mass is 35.5. The number of pyridine rings is 1. The molecule has 16 heavy (non-hydrogen) atoms. The van der Waals surface area contributed by atoms with E-state index in [1.54, 1.807) is 6.20 Å². The summed E-state index contributed by atoms with van der Waals surface area (Å²) in [6.07, 6.45) is 1.79. The number of hydrogen-bond donors (Lipinski definition) is 1. The van der Waals surface area contributed by atoms with Crippen LogP contribution in [0.2, 0.25) is 5.02 Å². The molecule has 2 nitrogen and oxygen atoms in total. The third kappa shape index (κ3) is 1.57. The predicted molar refractivity (Wildman–Crippen MR) is 66.5 cm³/mol. The molecule has 0 spiro atoms. The van der Waals surface area contributed by atoms with Gasteiger partial charge in [-0.3, -0.25) is 4.98 Å². The Labute approximate surface area is 97.9 Å². The lowest BCUT2D eigenvalue weighted by Gasteiger charge is -1.97. The van der Waals surface area contributed by atoms with Crippen molar-refractivity contribution in [1.82, 2.24) is 9.97 Å². The molecule has 0 aliphatic carbocycles. The summed E-state index contributed by atoms with van der Waals surface area (Å²) in [7, 11) is 0. The van der Waals surface area contributed by atoms with Crippen molar-refractivity contribution in [3.8, 4) is 11.3 Å². The van der Waals surface area contributed by atoms with Crippen LogP contribution >= 0.6 is 11.6 Å². The van der Waals surface area contributed by atoms with Crippen molar-refractivity contribution < 1.29 is 0 Å². The molecule has 0 unspecified atom stereocenters. The molecule has 2 heterocycles. The maximum absolute atomic E-state index is 5.96. The summed E-state index contributed by atoms with van der Waals surface area (Å²) < 4.78 is 0. The molecule has 0 amide bonds. The van der Waals surface area contributed by atoms with E-state index < -0.39 is 0 Å². The molecule has 0 bridgehead atoms. The van der Waals surface area contributed by atoms with E-state index in [1.807, 2.05) is 42.5 Å². The molecule has 0 atom stereocenters. The molecule has 0 fully saturated rings. The van der Waals surface area contributed by atoms with Crippen LogP contribution < -0.4 is 0 Å². The van der Waals surface area contributed by atoms with Gasteiger partial charge in [0, 0.05) is 16.9 Å². The molecule has 0 aliphatic rings. The van der Waals surface area contributed by atoms with E-state index in [1.165, 1.54) is 0 Å². The fourth-order valence-electron chi connectivity index (χ4n) is 1.77. The lowest BCUT2D eigenvalue weighted by molar-refractivity contribution is 1.40. The summed E-state index contributed by atoms with van der Waals surface area (Å²) >= 11 is 5.96. The minimum Gasteiger partial charge on any atom is -0.353 e. The van der Waals surface area contributed by atoms with Crippen molar-refractivity contribution in [2.45, 2.75) is 0 Å². The van der Waals surface area contributed by atoms with Crippen LogP contribution in [0.15, 0.2) is 48.7 Å². The standard InChI is InChI=1S/C13H9ClN2/c14-10-4-1-3-9(7-10)12-8-13-11(16-12)5-2-6-15-13/h1-8,16H. The topological polar surface area (TPSA) is 28.7 Å². The first-order valence-electron chi connectivity index (χ1n) is 5.02. The fourth-order valence-corrected chi connectivity index (χ4v) is 1.96. The smallest absolute Gasteiger partial charge is 0.0885 e. The van der Waals surface area contributed by atoms with E-state index in [2.05, 4.69) is 9.97 Å². The maximum Gasteiger partial charge on any atom is 0.0885 e. The van der Waals surface area contributed by atoms with Gasteiger partial charge < -0.3 is 4.98 Å². The van der Waals surface area contributed by atoms with Crippen molar-refractivity contribution >= 4 is 22.6 Å². The van der Waals surface area contributed by atoms with Crippen molar-refractivity contribution in [3.05, 3.63) is 53.7 Å². The molecule has 3 aromatic rings. The molecule has 1 aromatic carbocycles. The van der Waals surface area contributed by atoms with Gasteiger partial charge in [0.2, 0.25) is 0 Å². The highest BCUT2D eigenvalue weighted by molar-refractivity contribution is 6.30. The summed E-state index contributed by atoms with van der Waals surface area (Å²) in [6, 6.07) is 13.7. The number of H-pyrrole nitrogens is 1. The zero-order valence-corrected chi connectivity index (χ0v) is 9.20. The first kappa shape index (κ1) is 9.43. The lowest BCUT2D eigenvalue weighted by atomic mass is 10.1. The van der Waals surface area contributed by atoms with Crippen LogP contribution in [-0.2, 0) is 0 Å². The summed E-state index contributed by atoms with van der Waals surface area (Å²) in [4.78, 5) is 7.60. The molecule has 0 aliphatic heterocycles. The van der Waals surface area contributed by atoms with Crippen LogP contribution in [0.3, 0.4) is 0 Å². The molecule has 0 saturated heterocycles. The van der Waals surface area contributed by atoms with Crippen LogP contribution in [0, 0.1) is 0 Å². The number of nitrogens with one attached hydrogen (secondary N) is 1. The van der Waals surface area contributed by atoms with Crippen molar-refractivity contribution in [2.75, 3.05) is 0 Å². The number of nitrogens with zero attached hydrogens (tertiary/aromatic N) is 1. The van der Waals surface area contributed by atoms with E-state index in [0.717, 1.165) is 27.3 Å². The molecule has 1 N–H and O–H groups in total. The Bertz CT molecular complexity index is 610. The third-order valence-corrected chi connectivity index (χ3v) is 2.76. The SMILES string of the molecule is Clc1cccc(-c2cc3ncccc3[nH]2)c1. The van der Waals surface area contributed by atoms with Gasteiger partial charge in [-0.25, -0.2) is 0 Å². The summed E-state index contributed by atoms with van der Waals surface area (Å²) in [5, 5.41) is 0.740. The molecule has 78 valence electrons. The monoisotopic (exact) mass is 228 g/mol. The van der Waals surface area contributed by atoms with E-state index in [-0.39, 0.29) is 0 Å². The summed E-state index contributed by atoms with van der Waals surface area (Å²) in [6.45, 7) is 0. The van der Waals surface area contributed by atoms with Gasteiger partial charge in [-0.1, -0.05) is 23.7 Å². The van der Waals surface area contributed by atoms with Gasteiger partial charge in [0.05, 0.1) is 11.0 Å². The average molecular weight is 229 g/mol. The number of hydrogen-bond acceptors (Lipinski definition) is 1. The fraction of sp³-hybridized carbons (Fsp3) is 0. The van der Waals surface area contributed by atoms with Crippen LogP contribution in [0.25, 0.3) is 22.3 Å². The van der Waals surface area contributed by atoms with Crippen LogP contribution in [0.4, 0.5) is 0 Å². The largest absolute Gasteiger partial charge is 0.353 e. The van der Waals surface area contributed by atoms with Crippen molar-refractivity contribution in [2.24, 2.45) is 0 Å². The number of halogens is 1. The van der Waals surface area contributed by atoms with Crippen LogP contribution in [0.1, 0.15) is 0 Å². The quantitative estimate of drug-likeness (QED) is 0.673. The Kier molecular flexibility index (Phi) is 2.15. The molecule has 3 heteroatoms. The molecule has 0 saturated carbocycles. The van der Waals surface area contributed by atoms with Crippen molar-refractivity contribution in [3.63, 3.8) is 0 Å². The van der Waals surface area contributed by atoms with E-state index >= 15 is 0 Å². The Hall–Kier alpha value is -1.80. The molecular formula is C13H9ClN2. The second kappa shape index (κ2) is 3.65. The Balaban J connectivity index is 2.19. The third-order valence-electron chi connectivity index (χ3n) is 2.52. The summed E-state index contributed by atoms with van der Waals surface area (Å²) in [5.41, 5.74) is 4.12. The Morgan fingerprint density at radius 2 is 2.00 bits per heavy atom. The number of benzene rings is 1. The van der Waals surface area contributed by atoms with Crippen LogP contribution in [-0.4, -0.2) is 9.97 Å². The normalized spacial score (nSPS) is 10.8. The van der Waals surface area contributed by atoms with Crippen LogP contribution in [0.5, 0.6) is 0 Å². The first-order valence-corrected chi connectivity index (χ1v) is 5.40. The van der Waals surface area contributed by atoms with E-state index in [4.69, 9.17) is 11.6 Å². The molecule has 2 aromatic heterocycles. The average Bonchev–Trinajstić information content (AvgIpc) is 2.72. The predicted octanol–water partition coefficient (Wildman–Crippen LogP) is 3.88. The first-order chi connectivity index (χ1) is 7.83. The minimum absolute atomic E-state index is 0.740. The zero-order valence-electron chi connectivity index (χ0n) is 8.44. The number of aromatic amines is 1. The second-order valence-corrected chi connectivity index (χ2v) is 4.07. The second-order valence-electron chi connectivity index (χ2n) is 3.63. The van der Waals surface area contributed by atoms with E-state index in [9.17, 15) is 0 Å². The van der Waals surface area contributed by atoms with Gasteiger partial charge in [0.15, 0.2) is 0 Å². The molecule has 3 rings (SSSR count). The molecular weight excluding hydrogens is 220 g/mol. The number of fused-ring (bicyclic) bond motifs is 1. The number of aromatic nitrogens is 2. The van der Waals surface area contributed by atoms with Gasteiger partial charge in [0.25, 0.3) is 0 Å². The lowest BCUT2D eigenvalue weighted by Crippen LogP contribution is -1.76. The summed E-state index contributed by atoms with van der Waals surface area (Å²) in [5.74, 6) is 0. The molecule has 0 radical (unpaired) electrons. The minimum atomic E-state index is 0.740. The Morgan fingerprint density at radius 3 is 2.81 bits per heavy atom.